The Labute approximate surface area is 135 Å². The number of nitrogens with zero attached hydrogens (tertiary/aromatic N) is 1. The van der Waals surface area contributed by atoms with Crippen molar-refractivity contribution in [3.63, 3.8) is 0 Å². The van der Waals surface area contributed by atoms with Crippen molar-refractivity contribution in [2.45, 2.75) is 18.2 Å². The Bertz CT molecular complexity index is 817. The lowest BCUT2D eigenvalue weighted by atomic mass is 10.0. The van der Waals surface area contributed by atoms with E-state index in [9.17, 15) is 13.2 Å². The normalized spacial score (nSPS) is 19.5. The first kappa shape index (κ1) is 15.6. The summed E-state index contributed by atoms with van der Waals surface area (Å²) < 4.78 is 32.1. The molecule has 0 spiro atoms. The highest BCUT2D eigenvalue weighted by Gasteiger charge is 2.41. The number of sulfonamides is 1. The first-order valence-electron chi connectivity index (χ1n) is 7.25. The van der Waals surface area contributed by atoms with Crippen LogP contribution >= 0.6 is 0 Å². The summed E-state index contributed by atoms with van der Waals surface area (Å²) >= 11 is 0. The highest BCUT2D eigenvalue weighted by molar-refractivity contribution is 7.94. The van der Waals surface area contributed by atoms with Crippen LogP contribution in [0.2, 0.25) is 0 Å². The van der Waals surface area contributed by atoms with Crippen molar-refractivity contribution >= 4 is 21.7 Å². The molecule has 0 fully saturated rings. The first-order valence-corrected chi connectivity index (χ1v) is 8.75. The Kier molecular flexibility index (Phi) is 4.09. The molecule has 0 saturated carbocycles. The van der Waals surface area contributed by atoms with Gasteiger partial charge in [0, 0.05) is 6.42 Å². The van der Waals surface area contributed by atoms with Crippen LogP contribution in [-0.4, -0.2) is 26.7 Å². The summed E-state index contributed by atoms with van der Waals surface area (Å²) in [5.41, 5.74) is 2.29. The van der Waals surface area contributed by atoms with Gasteiger partial charge in [0.1, 0.15) is 0 Å². The van der Waals surface area contributed by atoms with Crippen LogP contribution in [0.4, 0.5) is 5.69 Å². The highest BCUT2D eigenvalue weighted by atomic mass is 32.2. The third-order valence-corrected chi connectivity index (χ3v) is 6.05. The number of carbonyl (C=O) groups is 1. The van der Waals surface area contributed by atoms with Crippen molar-refractivity contribution in [2.75, 3.05) is 11.4 Å². The zero-order chi connectivity index (χ0) is 16.4. The molecule has 1 aliphatic rings. The van der Waals surface area contributed by atoms with Gasteiger partial charge >= 0.3 is 5.97 Å². The van der Waals surface area contributed by atoms with E-state index in [1.54, 1.807) is 24.3 Å². The zero-order valence-electron chi connectivity index (χ0n) is 12.7. The largest absolute Gasteiger partial charge is 0.468 e. The molecule has 2 aromatic carbocycles. The number of carbonyl (C=O) groups excluding carboxylic acids is 1. The third kappa shape index (κ3) is 2.82. The summed E-state index contributed by atoms with van der Waals surface area (Å²) in [5, 5.41) is -1.24. The minimum absolute atomic E-state index is 0.120. The SMILES string of the molecule is COC(=O)C1Cc2ccccc2CN(c2ccccc2)S1(=O)=O. The fraction of sp³-hybridized carbons (Fsp3) is 0.235. The Balaban J connectivity index is 2.16. The van der Waals surface area contributed by atoms with Gasteiger partial charge in [-0.15, -0.1) is 0 Å². The van der Waals surface area contributed by atoms with E-state index in [2.05, 4.69) is 0 Å². The summed E-state index contributed by atoms with van der Waals surface area (Å²) in [6.45, 7) is 0.204. The van der Waals surface area contributed by atoms with Crippen molar-refractivity contribution in [1.29, 1.82) is 0 Å². The Morgan fingerprint density at radius 3 is 2.30 bits per heavy atom. The zero-order valence-corrected chi connectivity index (χ0v) is 13.5. The van der Waals surface area contributed by atoms with E-state index in [1.165, 1.54) is 11.4 Å². The monoisotopic (exact) mass is 331 g/mol. The molecule has 0 radical (unpaired) electrons. The smallest absolute Gasteiger partial charge is 0.326 e. The van der Waals surface area contributed by atoms with Crippen LogP contribution in [0.15, 0.2) is 54.6 Å². The van der Waals surface area contributed by atoms with Crippen molar-refractivity contribution in [3.05, 3.63) is 65.7 Å². The maximum atomic E-state index is 13.0. The summed E-state index contributed by atoms with van der Waals surface area (Å²) in [6, 6.07) is 16.3. The number of hydrogen-bond donors (Lipinski definition) is 0. The van der Waals surface area contributed by atoms with Crippen LogP contribution in [0.25, 0.3) is 0 Å². The van der Waals surface area contributed by atoms with Gasteiger partial charge in [0.15, 0.2) is 5.25 Å². The topological polar surface area (TPSA) is 63.7 Å². The van der Waals surface area contributed by atoms with Crippen molar-refractivity contribution < 1.29 is 17.9 Å². The number of esters is 1. The lowest BCUT2D eigenvalue weighted by Crippen LogP contribution is -2.42. The summed E-state index contributed by atoms with van der Waals surface area (Å²) in [5.74, 6) is -0.734. The predicted octanol–water partition coefficient (Wildman–Crippen LogP) is 2.12. The molecule has 0 saturated heterocycles. The average molecular weight is 331 g/mol. The quantitative estimate of drug-likeness (QED) is 0.791. The van der Waals surface area contributed by atoms with Crippen molar-refractivity contribution in [1.82, 2.24) is 0 Å². The van der Waals surface area contributed by atoms with E-state index in [1.807, 2.05) is 30.3 Å². The number of hydrogen-bond acceptors (Lipinski definition) is 4. The van der Waals surface area contributed by atoms with Crippen LogP contribution in [-0.2, 0) is 32.5 Å². The molecule has 2 aromatic rings. The first-order chi connectivity index (χ1) is 11.0. The molecular formula is C17H17NO4S. The van der Waals surface area contributed by atoms with Crippen LogP contribution in [0.1, 0.15) is 11.1 Å². The fourth-order valence-electron chi connectivity index (χ4n) is 2.78. The van der Waals surface area contributed by atoms with Gasteiger partial charge in [-0.25, -0.2) is 8.42 Å². The molecule has 1 unspecified atom stereocenters. The van der Waals surface area contributed by atoms with Gasteiger partial charge < -0.3 is 4.74 Å². The minimum Gasteiger partial charge on any atom is -0.468 e. The summed E-state index contributed by atoms with van der Waals surface area (Å²) in [4.78, 5) is 12.1. The van der Waals surface area contributed by atoms with E-state index in [4.69, 9.17) is 4.74 Å². The number of fused-ring (bicyclic) bond motifs is 1. The van der Waals surface area contributed by atoms with Gasteiger partial charge in [-0.05, 0) is 23.3 Å². The maximum Gasteiger partial charge on any atom is 0.326 e. The molecule has 5 nitrogen and oxygen atoms in total. The van der Waals surface area contributed by atoms with E-state index in [0.717, 1.165) is 11.1 Å². The number of anilines is 1. The Morgan fingerprint density at radius 1 is 1.04 bits per heavy atom. The Morgan fingerprint density at radius 2 is 1.65 bits per heavy atom. The van der Waals surface area contributed by atoms with Gasteiger partial charge in [0.25, 0.3) is 0 Å². The van der Waals surface area contributed by atoms with Crippen LogP contribution in [0, 0.1) is 0 Å². The van der Waals surface area contributed by atoms with E-state index < -0.39 is 21.2 Å². The second-order valence-corrected chi connectivity index (χ2v) is 7.41. The third-order valence-electron chi connectivity index (χ3n) is 4.01. The van der Waals surface area contributed by atoms with E-state index in [0.29, 0.717) is 5.69 Å². The number of methoxy groups -OCH3 is 1. The standard InChI is InChI=1S/C17H17NO4S/c1-22-17(19)16-11-13-7-5-6-8-14(13)12-18(23(16,20)21)15-9-3-2-4-10-15/h2-10,16H,11-12H2,1H3. The van der Waals surface area contributed by atoms with Gasteiger partial charge in [0.2, 0.25) is 10.0 Å². The van der Waals surface area contributed by atoms with Crippen molar-refractivity contribution in [3.8, 4) is 0 Å². The van der Waals surface area contributed by atoms with Crippen LogP contribution < -0.4 is 4.31 Å². The fourth-order valence-corrected chi connectivity index (χ4v) is 4.55. The second-order valence-electron chi connectivity index (χ2n) is 5.37. The van der Waals surface area contributed by atoms with E-state index >= 15 is 0 Å². The summed E-state index contributed by atoms with van der Waals surface area (Å²) in [7, 11) is -2.66. The molecule has 6 heteroatoms. The molecule has 3 rings (SSSR count). The molecule has 23 heavy (non-hydrogen) atoms. The highest BCUT2D eigenvalue weighted by Crippen LogP contribution is 2.30. The van der Waals surface area contributed by atoms with E-state index in [-0.39, 0.29) is 13.0 Å². The number of ether oxygens (including phenoxy) is 1. The predicted molar refractivity (Wildman–Crippen MR) is 87.5 cm³/mol. The lowest BCUT2D eigenvalue weighted by molar-refractivity contribution is -0.140. The number of rotatable bonds is 2. The number of benzene rings is 2. The Hall–Kier alpha value is -2.34. The summed E-state index contributed by atoms with van der Waals surface area (Å²) in [6.07, 6.45) is 0.120. The molecule has 120 valence electrons. The van der Waals surface area contributed by atoms with Gasteiger partial charge in [-0.1, -0.05) is 42.5 Å². The van der Waals surface area contributed by atoms with Crippen LogP contribution in [0.5, 0.6) is 0 Å². The second kappa shape index (κ2) is 6.04. The number of para-hydroxylation sites is 1. The van der Waals surface area contributed by atoms with Gasteiger partial charge in [-0.3, -0.25) is 9.10 Å². The average Bonchev–Trinajstić information content (AvgIpc) is 2.69. The molecule has 1 heterocycles. The van der Waals surface area contributed by atoms with Gasteiger partial charge in [0.05, 0.1) is 19.3 Å². The molecular weight excluding hydrogens is 314 g/mol. The minimum atomic E-state index is -3.87. The lowest BCUT2D eigenvalue weighted by Gasteiger charge is -2.25. The molecule has 0 N–H and O–H groups in total. The molecule has 0 amide bonds. The van der Waals surface area contributed by atoms with Gasteiger partial charge in [-0.2, -0.15) is 0 Å². The molecule has 0 bridgehead atoms. The maximum absolute atomic E-state index is 13.0. The molecule has 0 aromatic heterocycles. The molecule has 1 aliphatic heterocycles. The van der Waals surface area contributed by atoms with Crippen molar-refractivity contribution in [2.24, 2.45) is 0 Å². The molecule has 0 aliphatic carbocycles. The molecule has 1 atom stereocenters. The van der Waals surface area contributed by atoms with Crippen LogP contribution in [0.3, 0.4) is 0 Å².